The van der Waals surface area contributed by atoms with Gasteiger partial charge in [0.1, 0.15) is 0 Å². The zero-order valence-electron chi connectivity index (χ0n) is 16.0. The molecule has 0 rings (SSSR count). The maximum absolute atomic E-state index is 11.8. The second-order valence-electron chi connectivity index (χ2n) is 6.64. The second-order valence-corrected chi connectivity index (χ2v) is 6.64. The Morgan fingerprint density at radius 3 is 2.00 bits per heavy atom. The lowest BCUT2D eigenvalue weighted by atomic mass is 10.1. The minimum absolute atomic E-state index is 0.00793. The molecule has 0 aliphatic carbocycles. The lowest BCUT2D eigenvalue weighted by molar-refractivity contribution is -0.137. The lowest BCUT2D eigenvalue weighted by Gasteiger charge is -2.20. The van der Waals surface area contributed by atoms with Crippen LogP contribution in [-0.4, -0.2) is 59.8 Å². The van der Waals surface area contributed by atoms with Crippen LogP contribution in [0.2, 0.25) is 0 Å². The van der Waals surface area contributed by atoms with Gasteiger partial charge in [0.25, 0.3) is 0 Å². The third kappa shape index (κ3) is 17.5. The molecule has 148 valence electrons. The van der Waals surface area contributed by atoms with Crippen molar-refractivity contribution in [3.63, 3.8) is 0 Å². The molecule has 0 unspecified atom stereocenters. The van der Waals surface area contributed by atoms with E-state index in [1.807, 2.05) is 4.90 Å². The SMILES string of the molecule is CCCCCCCCCCCC(=O)NCCN(CCO)CCC(=O)O. The van der Waals surface area contributed by atoms with Crippen LogP contribution in [0.3, 0.4) is 0 Å². The van der Waals surface area contributed by atoms with Gasteiger partial charge in [-0.05, 0) is 6.42 Å². The fourth-order valence-corrected chi connectivity index (χ4v) is 2.77. The maximum atomic E-state index is 11.8. The summed E-state index contributed by atoms with van der Waals surface area (Å²) in [5, 5.41) is 20.6. The summed E-state index contributed by atoms with van der Waals surface area (Å²) in [5.74, 6) is -0.789. The summed E-state index contributed by atoms with van der Waals surface area (Å²) in [6.07, 6.45) is 11.7. The Hall–Kier alpha value is -1.14. The van der Waals surface area contributed by atoms with Gasteiger partial charge in [-0.15, -0.1) is 0 Å². The summed E-state index contributed by atoms with van der Waals surface area (Å²) in [7, 11) is 0. The topological polar surface area (TPSA) is 89.9 Å². The van der Waals surface area contributed by atoms with E-state index >= 15 is 0 Å². The van der Waals surface area contributed by atoms with Crippen LogP contribution in [0.25, 0.3) is 0 Å². The van der Waals surface area contributed by atoms with E-state index in [4.69, 9.17) is 10.2 Å². The van der Waals surface area contributed by atoms with Crippen molar-refractivity contribution < 1.29 is 19.8 Å². The van der Waals surface area contributed by atoms with Gasteiger partial charge >= 0.3 is 5.97 Å². The Morgan fingerprint density at radius 1 is 0.840 bits per heavy atom. The quantitative estimate of drug-likeness (QED) is 0.328. The zero-order chi connectivity index (χ0) is 18.8. The van der Waals surface area contributed by atoms with E-state index in [-0.39, 0.29) is 18.9 Å². The largest absolute Gasteiger partial charge is 0.481 e. The standard InChI is InChI=1S/C19H38N2O4/c1-2-3-4-5-6-7-8-9-10-11-18(23)20-13-15-21(16-17-22)14-12-19(24)25/h22H,2-17H2,1H3,(H,20,23)(H,24,25). The molecule has 0 aromatic carbocycles. The first kappa shape index (κ1) is 23.9. The summed E-state index contributed by atoms with van der Waals surface area (Å²) in [5.41, 5.74) is 0. The molecule has 25 heavy (non-hydrogen) atoms. The molecule has 0 aliphatic rings. The normalized spacial score (nSPS) is 11.0. The van der Waals surface area contributed by atoms with Gasteiger partial charge in [-0.3, -0.25) is 14.5 Å². The van der Waals surface area contributed by atoms with E-state index in [1.54, 1.807) is 0 Å². The van der Waals surface area contributed by atoms with Crippen molar-refractivity contribution >= 4 is 11.9 Å². The van der Waals surface area contributed by atoms with E-state index in [0.29, 0.717) is 32.6 Å². The number of nitrogens with zero attached hydrogens (tertiary/aromatic N) is 1. The summed E-state index contributed by atoms with van der Waals surface area (Å²) in [6, 6.07) is 0. The first-order valence-corrected chi connectivity index (χ1v) is 9.91. The highest BCUT2D eigenvalue weighted by Gasteiger charge is 2.08. The Bertz CT molecular complexity index is 337. The smallest absolute Gasteiger partial charge is 0.304 e. The fraction of sp³-hybridized carbons (Fsp3) is 0.895. The van der Waals surface area contributed by atoms with Gasteiger partial charge in [0, 0.05) is 32.6 Å². The molecule has 6 nitrogen and oxygen atoms in total. The van der Waals surface area contributed by atoms with Crippen molar-refractivity contribution in [2.45, 2.75) is 77.6 Å². The van der Waals surface area contributed by atoms with Crippen LogP contribution in [0.4, 0.5) is 0 Å². The van der Waals surface area contributed by atoms with Crippen molar-refractivity contribution in [2.24, 2.45) is 0 Å². The predicted molar refractivity (Wildman–Crippen MR) is 101 cm³/mol. The van der Waals surface area contributed by atoms with Crippen LogP contribution in [0.1, 0.15) is 77.6 Å². The number of nitrogens with one attached hydrogen (secondary N) is 1. The van der Waals surface area contributed by atoms with Crippen LogP contribution in [0, 0.1) is 0 Å². The number of rotatable bonds is 18. The molecule has 0 aliphatic heterocycles. The average Bonchev–Trinajstić information content (AvgIpc) is 2.58. The molecule has 0 saturated carbocycles. The third-order valence-corrected chi connectivity index (χ3v) is 4.32. The third-order valence-electron chi connectivity index (χ3n) is 4.32. The fourth-order valence-electron chi connectivity index (χ4n) is 2.77. The first-order chi connectivity index (χ1) is 12.1. The average molecular weight is 359 g/mol. The number of amides is 1. The summed E-state index contributed by atoms with van der Waals surface area (Å²) in [6.45, 7) is 4.11. The van der Waals surface area contributed by atoms with Crippen molar-refractivity contribution in [3.05, 3.63) is 0 Å². The number of hydrogen-bond donors (Lipinski definition) is 3. The maximum Gasteiger partial charge on any atom is 0.304 e. The molecule has 0 bridgehead atoms. The molecule has 0 spiro atoms. The van der Waals surface area contributed by atoms with E-state index in [1.165, 1.54) is 44.9 Å². The van der Waals surface area contributed by atoms with Gasteiger partial charge < -0.3 is 15.5 Å². The van der Waals surface area contributed by atoms with Crippen molar-refractivity contribution in [3.8, 4) is 0 Å². The number of carboxylic acid groups (broad SMARTS) is 1. The van der Waals surface area contributed by atoms with Gasteiger partial charge in [0.15, 0.2) is 0 Å². The lowest BCUT2D eigenvalue weighted by Crippen LogP contribution is -2.37. The number of carbonyl (C=O) groups excluding carboxylic acids is 1. The minimum atomic E-state index is -0.850. The van der Waals surface area contributed by atoms with Crippen LogP contribution in [0.15, 0.2) is 0 Å². The molecule has 0 atom stereocenters. The number of aliphatic hydroxyl groups is 1. The highest BCUT2D eigenvalue weighted by Crippen LogP contribution is 2.10. The number of hydrogen-bond acceptors (Lipinski definition) is 4. The highest BCUT2D eigenvalue weighted by atomic mass is 16.4. The van der Waals surface area contributed by atoms with Gasteiger partial charge in [-0.1, -0.05) is 58.3 Å². The molecule has 0 radical (unpaired) electrons. The molecule has 6 heteroatoms. The molecule has 0 heterocycles. The van der Waals surface area contributed by atoms with E-state index in [2.05, 4.69) is 12.2 Å². The monoisotopic (exact) mass is 358 g/mol. The van der Waals surface area contributed by atoms with Crippen LogP contribution < -0.4 is 5.32 Å². The van der Waals surface area contributed by atoms with Gasteiger partial charge in [-0.2, -0.15) is 0 Å². The summed E-state index contributed by atoms with van der Waals surface area (Å²) in [4.78, 5) is 24.2. The first-order valence-electron chi connectivity index (χ1n) is 9.91. The van der Waals surface area contributed by atoms with Gasteiger partial charge in [-0.25, -0.2) is 0 Å². The summed E-state index contributed by atoms with van der Waals surface area (Å²) < 4.78 is 0. The predicted octanol–water partition coefficient (Wildman–Crippen LogP) is 2.79. The Kier molecular flexibility index (Phi) is 16.9. The van der Waals surface area contributed by atoms with Crippen molar-refractivity contribution in [2.75, 3.05) is 32.8 Å². The molecule has 0 aromatic rings. The number of carbonyl (C=O) groups is 2. The summed E-state index contributed by atoms with van der Waals surface area (Å²) >= 11 is 0. The molecule has 3 N–H and O–H groups in total. The molecule has 0 saturated heterocycles. The highest BCUT2D eigenvalue weighted by molar-refractivity contribution is 5.75. The zero-order valence-corrected chi connectivity index (χ0v) is 16.0. The Balaban J connectivity index is 3.54. The van der Waals surface area contributed by atoms with Crippen LogP contribution in [-0.2, 0) is 9.59 Å². The molecular formula is C19H38N2O4. The van der Waals surface area contributed by atoms with Gasteiger partial charge in [0.2, 0.25) is 5.91 Å². The minimum Gasteiger partial charge on any atom is -0.481 e. The molecule has 0 aromatic heterocycles. The molecule has 0 fully saturated rings. The van der Waals surface area contributed by atoms with E-state index in [0.717, 1.165) is 12.8 Å². The molecule has 1 amide bonds. The Morgan fingerprint density at radius 2 is 1.44 bits per heavy atom. The number of aliphatic hydroxyl groups excluding tert-OH is 1. The molecular weight excluding hydrogens is 320 g/mol. The number of carboxylic acids is 1. The van der Waals surface area contributed by atoms with Crippen LogP contribution in [0.5, 0.6) is 0 Å². The van der Waals surface area contributed by atoms with E-state index in [9.17, 15) is 9.59 Å². The van der Waals surface area contributed by atoms with Crippen molar-refractivity contribution in [1.29, 1.82) is 0 Å². The van der Waals surface area contributed by atoms with Crippen LogP contribution >= 0.6 is 0 Å². The number of unbranched alkanes of at least 4 members (excludes halogenated alkanes) is 8. The second kappa shape index (κ2) is 17.7. The van der Waals surface area contributed by atoms with Gasteiger partial charge in [0.05, 0.1) is 13.0 Å². The number of aliphatic carboxylic acids is 1. The van der Waals surface area contributed by atoms with E-state index < -0.39 is 5.97 Å². The Labute approximate surface area is 153 Å². The van der Waals surface area contributed by atoms with Crippen molar-refractivity contribution in [1.82, 2.24) is 10.2 Å².